The molecule has 0 radical (unpaired) electrons. The molecule has 0 aliphatic heterocycles. The average molecular weight is 297 g/mol. The van der Waals surface area contributed by atoms with Gasteiger partial charge in [-0.05, 0) is 50.0 Å². The second-order valence-electron chi connectivity index (χ2n) is 5.68. The molecule has 0 aromatic heterocycles. The van der Waals surface area contributed by atoms with Gasteiger partial charge in [0.25, 0.3) is 0 Å². The Kier molecular flexibility index (Phi) is 5.70. The SMILES string of the molecule is CCN(Cc1cc(Cl)ccc1O)C1CCCCC1CN. The molecule has 4 heteroatoms. The highest BCUT2D eigenvalue weighted by atomic mass is 35.5. The molecule has 0 amide bonds. The Labute approximate surface area is 126 Å². The minimum atomic E-state index is 0.327. The van der Waals surface area contributed by atoms with Gasteiger partial charge < -0.3 is 10.8 Å². The topological polar surface area (TPSA) is 49.5 Å². The van der Waals surface area contributed by atoms with Crippen molar-refractivity contribution in [1.29, 1.82) is 0 Å². The van der Waals surface area contributed by atoms with Gasteiger partial charge in [-0.1, -0.05) is 31.4 Å². The van der Waals surface area contributed by atoms with Crippen molar-refractivity contribution < 1.29 is 5.11 Å². The van der Waals surface area contributed by atoms with Crippen molar-refractivity contribution in [1.82, 2.24) is 4.90 Å². The first-order valence-electron chi connectivity index (χ1n) is 7.57. The van der Waals surface area contributed by atoms with Gasteiger partial charge in [0.1, 0.15) is 5.75 Å². The van der Waals surface area contributed by atoms with Crippen LogP contribution in [0, 0.1) is 5.92 Å². The van der Waals surface area contributed by atoms with E-state index in [2.05, 4.69) is 11.8 Å². The lowest BCUT2D eigenvalue weighted by atomic mass is 9.83. The van der Waals surface area contributed by atoms with E-state index in [9.17, 15) is 5.11 Å². The fourth-order valence-electron chi connectivity index (χ4n) is 3.31. The third kappa shape index (κ3) is 3.66. The Morgan fingerprint density at radius 1 is 1.35 bits per heavy atom. The first kappa shape index (κ1) is 15.6. The van der Waals surface area contributed by atoms with E-state index in [1.165, 1.54) is 25.7 Å². The van der Waals surface area contributed by atoms with Gasteiger partial charge in [-0.25, -0.2) is 0 Å². The van der Waals surface area contributed by atoms with Gasteiger partial charge in [-0.15, -0.1) is 0 Å². The fourth-order valence-corrected chi connectivity index (χ4v) is 3.50. The van der Waals surface area contributed by atoms with E-state index in [0.29, 0.717) is 22.7 Å². The van der Waals surface area contributed by atoms with Crippen LogP contribution >= 0.6 is 11.6 Å². The average Bonchev–Trinajstić information content (AvgIpc) is 2.48. The standard InChI is InChI=1S/C16H25ClN2O/c1-2-19(15-6-4-3-5-12(15)10-18)11-13-9-14(17)7-8-16(13)20/h7-9,12,15,20H,2-6,10-11,18H2,1H3. The van der Waals surface area contributed by atoms with Crippen LogP contribution in [0.5, 0.6) is 5.75 Å². The molecule has 1 aromatic rings. The number of hydrogen-bond donors (Lipinski definition) is 2. The van der Waals surface area contributed by atoms with Crippen molar-refractivity contribution in [3.05, 3.63) is 28.8 Å². The van der Waals surface area contributed by atoms with E-state index in [0.717, 1.165) is 25.2 Å². The van der Waals surface area contributed by atoms with Crippen molar-refractivity contribution in [2.75, 3.05) is 13.1 Å². The highest BCUT2D eigenvalue weighted by Crippen LogP contribution is 2.30. The van der Waals surface area contributed by atoms with Crippen LogP contribution in [0.1, 0.15) is 38.2 Å². The quantitative estimate of drug-likeness (QED) is 0.876. The summed E-state index contributed by atoms with van der Waals surface area (Å²) in [7, 11) is 0. The summed E-state index contributed by atoms with van der Waals surface area (Å²) in [5.41, 5.74) is 6.84. The van der Waals surface area contributed by atoms with Crippen LogP contribution in [0.4, 0.5) is 0 Å². The number of halogens is 1. The molecule has 2 rings (SSSR count). The molecule has 0 spiro atoms. The second kappa shape index (κ2) is 7.30. The van der Waals surface area contributed by atoms with Gasteiger partial charge in [-0.2, -0.15) is 0 Å². The Morgan fingerprint density at radius 2 is 2.10 bits per heavy atom. The summed E-state index contributed by atoms with van der Waals surface area (Å²) in [4.78, 5) is 2.43. The number of phenols is 1. The van der Waals surface area contributed by atoms with Crippen LogP contribution in [-0.4, -0.2) is 29.1 Å². The summed E-state index contributed by atoms with van der Waals surface area (Å²) in [5, 5.41) is 10.7. The molecule has 0 bridgehead atoms. The monoisotopic (exact) mass is 296 g/mol. The first-order chi connectivity index (χ1) is 9.65. The van der Waals surface area contributed by atoms with Crippen molar-refractivity contribution in [2.45, 2.75) is 45.2 Å². The summed E-state index contributed by atoms with van der Waals surface area (Å²) >= 11 is 6.04. The lowest BCUT2D eigenvalue weighted by molar-refractivity contribution is 0.105. The van der Waals surface area contributed by atoms with E-state index >= 15 is 0 Å². The van der Waals surface area contributed by atoms with Gasteiger partial charge in [0.2, 0.25) is 0 Å². The van der Waals surface area contributed by atoms with Crippen LogP contribution in [0.15, 0.2) is 18.2 Å². The molecule has 3 nitrogen and oxygen atoms in total. The third-order valence-corrected chi connectivity index (χ3v) is 4.70. The highest BCUT2D eigenvalue weighted by molar-refractivity contribution is 6.30. The highest BCUT2D eigenvalue weighted by Gasteiger charge is 2.28. The van der Waals surface area contributed by atoms with Crippen molar-refractivity contribution >= 4 is 11.6 Å². The van der Waals surface area contributed by atoms with E-state index in [1.54, 1.807) is 12.1 Å². The Hall–Kier alpha value is -0.770. The lowest BCUT2D eigenvalue weighted by Crippen LogP contribution is -2.44. The summed E-state index contributed by atoms with van der Waals surface area (Å²) in [6.45, 7) is 4.63. The molecule has 0 heterocycles. The van der Waals surface area contributed by atoms with Crippen LogP contribution in [0.2, 0.25) is 5.02 Å². The first-order valence-corrected chi connectivity index (χ1v) is 7.95. The minimum absolute atomic E-state index is 0.327. The second-order valence-corrected chi connectivity index (χ2v) is 6.12. The molecule has 3 N–H and O–H groups in total. The molecule has 20 heavy (non-hydrogen) atoms. The smallest absolute Gasteiger partial charge is 0.120 e. The number of hydrogen-bond acceptors (Lipinski definition) is 3. The molecule has 2 atom stereocenters. The third-order valence-electron chi connectivity index (χ3n) is 4.46. The van der Waals surface area contributed by atoms with Gasteiger partial charge in [0.15, 0.2) is 0 Å². The van der Waals surface area contributed by atoms with Crippen molar-refractivity contribution in [3.63, 3.8) is 0 Å². The van der Waals surface area contributed by atoms with Crippen LogP contribution in [0.25, 0.3) is 0 Å². The predicted octanol–water partition coefficient (Wildman–Crippen LogP) is 3.39. The molecular formula is C16H25ClN2O. The molecule has 1 aliphatic rings. The van der Waals surface area contributed by atoms with E-state index < -0.39 is 0 Å². The maximum absolute atomic E-state index is 9.99. The molecule has 1 fully saturated rings. The molecular weight excluding hydrogens is 272 g/mol. The number of nitrogens with zero attached hydrogens (tertiary/aromatic N) is 1. The molecule has 2 unspecified atom stereocenters. The fraction of sp³-hybridized carbons (Fsp3) is 0.625. The van der Waals surface area contributed by atoms with Gasteiger partial charge in [-0.3, -0.25) is 4.90 Å². The van der Waals surface area contributed by atoms with E-state index in [1.807, 2.05) is 6.07 Å². The molecule has 1 saturated carbocycles. The van der Waals surface area contributed by atoms with E-state index in [4.69, 9.17) is 17.3 Å². The largest absolute Gasteiger partial charge is 0.508 e. The lowest BCUT2D eigenvalue weighted by Gasteiger charge is -2.39. The number of aromatic hydroxyl groups is 1. The summed E-state index contributed by atoms with van der Waals surface area (Å²) in [6, 6.07) is 5.78. The maximum Gasteiger partial charge on any atom is 0.120 e. The van der Waals surface area contributed by atoms with Gasteiger partial charge in [0, 0.05) is 23.2 Å². The zero-order valence-electron chi connectivity index (χ0n) is 12.2. The van der Waals surface area contributed by atoms with Crippen LogP contribution < -0.4 is 5.73 Å². The van der Waals surface area contributed by atoms with Gasteiger partial charge >= 0.3 is 0 Å². The van der Waals surface area contributed by atoms with Crippen LogP contribution in [-0.2, 0) is 6.54 Å². The normalized spacial score (nSPS) is 23.2. The summed E-state index contributed by atoms with van der Waals surface area (Å²) < 4.78 is 0. The maximum atomic E-state index is 9.99. The zero-order valence-corrected chi connectivity index (χ0v) is 12.9. The Morgan fingerprint density at radius 3 is 2.80 bits per heavy atom. The molecule has 112 valence electrons. The zero-order chi connectivity index (χ0) is 14.5. The summed E-state index contributed by atoms with van der Waals surface area (Å²) in [6.07, 6.45) is 4.99. The Balaban J connectivity index is 2.13. The van der Waals surface area contributed by atoms with Gasteiger partial charge in [0.05, 0.1) is 0 Å². The number of benzene rings is 1. The number of nitrogens with two attached hydrogens (primary N) is 1. The van der Waals surface area contributed by atoms with E-state index in [-0.39, 0.29) is 0 Å². The number of phenolic OH excluding ortho intramolecular Hbond substituents is 1. The minimum Gasteiger partial charge on any atom is -0.508 e. The molecule has 1 aromatic carbocycles. The molecule has 0 saturated heterocycles. The van der Waals surface area contributed by atoms with Crippen LogP contribution in [0.3, 0.4) is 0 Å². The Bertz CT molecular complexity index is 438. The van der Waals surface area contributed by atoms with Crippen molar-refractivity contribution in [3.8, 4) is 5.75 Å². The number of rotatable bonds is 5. The van der Waals surface area contributed by atoms with Crippen molar-refractivity contribution in [2.24, 2.45) is 11.7 Å². The predicted molar refractivity (Wildman–Crippen MR) is 84.0 cm³/mol. The summed E-state index contributed by atoms with van der Waals surface area (Å²) in [5.74, 6) is 0.901. The molecule has 1 aliphatic carbocycles.